The first-order chi connectivity index (χ1) is 10.2. The van der Waals surface area contributed by atoms with E-state index in [4.69, 9.17) is 4.74 Å². The Bertz CT molecular complexity index is 658. The minimum atomic E-state index is -3.49. The van der Waals surface area contributed by atoms with Crippen molar-refractivity contribution in [1.29, 1.82) is 0 Å². The third-order valence-electron chi connectivity index (χ3n) is 4.80. The van der Waals surface area contributed by atoms with E-state index < -0.39 is 10.0 Å². The van der Waals surface area contributed by atoms with E-state index >= 15 is 0 Å². The minimum absolute atomic E-state index is 0.0504. The summed E-state index contributed by atoms with van der Waals surface area (Å²) < 4.78 is 33.1. The Balaban J connectivity index is 2.45. The summed E-state index contributed by atoms with van der Waals surface area (Å²) in [5.74, 6) is 0.719. The summed E-state index contributed by atoms with van der Waals surface area (Å²) in [5, 5.41) is 0. The zero-order valence-electron chi connectivity index (χ0n) is 14.3. The predicted molar refractivity (Wildman–Crippen MR) is 87.9 cm³/mol. The molecule has 0 N–H and O–H groups in total. The van der Waals surface area contributed by atoms with Crippen LogP contribution in [0.15, 0.2) is 17.0 Å². The number of hydrogen-bond acceptors (Lipinski definition) is 4. The van der Waals surface area contributed by atoms with E-state index in [1.807, 2.05) is 27.8 Å². The van der Waals surface area contributed by atoms with Crippen LogP contribution in [0.3, 0.4) is 0 Å². The maximum Gasteiger partial charge on any atom is 0.243 e. The highest BCUT2D eigenvalue weighted by Gasteiger charge is 2.37. The quantitative estimate of drug-likeness (QED) is 0.853. The third kappa shape index (κ3) is 2.87. The first-order valence-electron chi connectivity index (χ1n) is 7.57. The lowest BCUT2D eigenvalue weighted by Crippen LogP contribution is -2.57. The van der Waals surface area contributed by atoms with Gasteiger partial charge in [-0.15, -0.1) is 0 Å². The van der Waals surface area contributed by atoms with Gasteiger partial charge < -0.3 is 9.64 Å². The lowest BCUT2D eigenvalue weighted by molar-refractivity contribution is 0.109. The fraction of sp³-hybridized carbons (Fsp3) is 0.625. The molecule has 6 heteroatoms. The van der Waals surface area contributed by atoms with Crippen molar-refractivity contribution in [3.8, 4) is 5.75 Å². The van der Waals surface area contributed by atoms with Crippen LogP contribution in [0.4, 0.5) is 0 Å². The number of nitrogens with zero attached hydrogens (tertiary/aromatic N) is 2. The van der Waals surface area contributed by atoms with Crippen LogP contribution in [0, 0.1) is 13.8 Å². The van der Waals surface area contributed by atoms with Crippen molar-refractivity contribution in [2.24, 2.45) is 0 Å². The van der Waals surface area contributed by atoms with Gasteiger partial charge in [-0.25, -0.2) is 8.42 Å². The van der Waals surface area contributed by atoms with Gasteiger partial charge in [-0.3, -0.25) is 0 Å². The molecule has 0 aliphatic carbocycles. The second-order valence-corrected chi connectivity index (χ2v) is 8.02. The van der Waals surface area contributed by atoms with Gasteiger partial charge >= 0.3 is 0 Å². The maximum absolute atomic E-state index is 13.1. The first-order valence-corrected chi connectivity index (χ1v) is 9.01. The zero-order valence-corrected chi connectivity index (χ0v) is 15.1. The normalized spacial score (nSPS) is 24.5. The van der Waals surface area contributed by atoms with Crippen LogP contribution in [0.1, 0.15) is 25.0 Å². The molecule has 0 amide bonds. The Hall–Kier alpha value is -1.11. The molecule has 0 bridgehead atoms. The summed E-state index contributed by atoms with van der Waals surface area (Å²) in [5.41, 5.74) is 1.56. The molecular weight excluding hydrogens is 300 g/mol. The van der Waals surface area contributed by atoms with E-state index in [2.05, 4.69) is 11.8 Å². The molecule has 1 aromatic rings. The number of hydrogen-bond donors (Lipinski definition) is 0. The molecule has 1 fully saturated rings. The van der Waals surface area contributed by atoms with Gasteiger partial charge in [0.05, 0.1) is 12.0 Å². The lowest BCUT2D eigenvalue weighted by atomic mass is 10.1. The molecule has 0 saturated carbocycles. The van der Waals surface area contributed by atoms with Crippen LogP contribution in [-0.4, -0.2) is 57.0 Å². The van der Waals surface area contributed by atoms with Crippen molar-refractivity contribution >= 4 is 10.0 Å². The third-order valence-corrected chi connectivity index (χ3v) is 6.93. The highest BCUT2D eigenvalue weighted by molar-refractivity contribution is 7.89. The van der Waals surface area contributed by atoms with E-state index in [-0.39, 0.29) is 12.1 Å². The Morgan fingerprint density at radius 1 is 1.09 bits per heavy atom. The van der Waals surface area contributed by atoms with Gasteiger partial charge in [0.2, 0.25) is 10.0 Å². The maximum atomic E-state index is 13.1. The molecule has 1 aliphatic rings. The van der Waals surface area contributed by atoms with Crippen molar-refractivity contribution in [3.63, 3.8) is 0 Å². The van der Waals surface area contributed by atoms with Gasteiger partial charge in [0.1, 0.15) is 5.75 Å². The van der Waals surface area contributed by atoms with Gasteiger partial charge in [0, 0.05) is 25.2 Å². The van der Waals surface area contributed by atoms with Gasteiger partial charge in [-0.1, -0.05) is 0 Å². The van der Waals surface area contributed by atoms with Crippen LogP contribution in [0.2, 0.25) is 0 Å². The number of aryl methyl sites for hydroxylation is 2. The molecule has 2 rings (SSSR count). The van der Waals surface area contributed by atoms with E-state index in [1.54, 1.807) is 23.5 Å². The fourth-order valence-electron chi connectivity index (χ4n) is 3.00. The van der Waals surface area contributed by atoms with Crippen molar-refractivity contribution in [3.05, 3.63) is 23.3 Å². The molecule has 1 heterocycles. The SMILES string of the molecule is COc1cc(C)c(S(=O)(=O)N2CCN(C)C(C)C2C)cc1C. The van der Waals surface area contributed by atoms with Crippen LogP contribution in [0.25, 0.3) is 0 Å². The number of piperazine rings is 1. The minimum Gasteiger partial charge on any atom is -0.496 e. The predicted octanol–water partition coefficient (Wildman–Crippen LogP) is 2.03. The molecule has 5 nitrogen and oxygen atoms in total. The summed E-state index contributed by atoms with van der Waals surface area (Å²) in [6, 6.07) is 3.67. The van der Waals surface area contributed by atoms with Gasteiger partial charge in [-0.05, 0) is 58.0 Å². The highest BCUT2D eigenvalue weighted by Crippen LogP contribution is 2.30. The molecule has 1 aromatic carbocycles. The number of rotatable bonds is 3. The second-order valence-electron chi connectivity index (χ2n) is 6.16. The summed E-state index contributed by atoms with van der Waals surface area (Å²) >= 11 is 0. The lowest BCUT2D eigenvalue weighted by Gasteiger charge is -2.42. The summed E-state index contributed by atoms with van der Waals surface area (Å²) in [6.45, 7) is 9.00. The number of methoxy groups -OCH3 is 1. The largest absolute Gasteiger partial charge is 0.496 e. The van der Waals surface area contributed by atoms with Crippen molar-refractivity contribution in [2.45, 2.75) is 44.7 Å². The van der Waals surface area contributed by atoms with E-state index in [9.17, 15) is 8.42 Å². The van der Waals surface area contributed by atoms with Crippen molar-refractivity contribution < 1.29 is 13.2 Å². The molecule has 2 unspecified atom stereocenters. The molecule has 1 aliphatic heterocycles. The standard InChI is InChI=1S/C16H26N2O3S/c1-11-10-16(12(2)9-15(11)21-6)22(19,20)18-8-7-17(5)13(3)14(18)4/h9-10,13-14H,7-8H2,1-6H3. The van der Waals surface area contributed by atoms with Crippen molar-refractivity contribution in [2.75, 3.05) is 27.2 Å². The number of ether oxygens (including phenoxy) is 1. The first kappa shape index (κ1) is 17.2. The van der Waals surface area contributed by atoms with E-state index in [1.165, 1.54) is 0 Å². The molecule has 124 valence electrons. The molecular formula is C16H26N2O3S. The number of sulfonamides is 1. The fourth-order valence-corrected chi connectivity index (χ4v) is 4.98. The summed E-state index contributed by atoms with van der Waals surface area (Å²) in [6.07, 6.45) is 0. The average molecular weight is 326 g/mol. The molecule has 0 aromatic heterocycles. The average Bonchev–Trinajstić information content (AvgIpc) is 2.46. The molecule has 1 saturated heterocycles. The highest BCUT2D eigenvalue weighted by atomic mass is 32.2. The van der Waals surface area contributed by atoms with Crippen LogP contribution in [-0.2, 0) is 10.0 Å². The van der Waals surface area contributed by atoms with E-state index in [0.717, 1.165) is 23.4 Å². The molecule has 0 spiro atoms. The van der Waals surface area contributed by atoms with E-state index in [0.29, 0.717) is 11.4 Å². The van der Waals surface area contributed by atoms with Crippen LogP contribution < -0.4 is 4.74 Å². The molecule has 22 heavy (non-hydrogen) atoms. The van der Waals surface area contributed by atoms with Crippen molar-refractivity contribution in [1.82, 2.24) is 9.21 Å². The second kappa shape index (κ2) is 6.18. The molecule has 2 atom stereocenters. The zero-order chi connectivity index (χ0) is 16.7. The van der Waals surface area contributed by atoms with Gasteiger partial charge in [0.15, 0.2) is 0 Å². The Labute approximate surface area is 133 Å². The summed E-state index contributed by atoms with van der Waals surface area (Å²) in [4.78, 5) is 2.58. The van der Waals surface area contributed by atoms with Gasteiger partial charge in [0.25, 0.3) is 0 Å². The topological polar surface area (TPSA) is 49.9 Å². The Morgan fingerprint density at radius 3 is 2.32 bits per heavy atom. The Morgan fingerprint density at radius 2 is 1.73 bits per heavy atom. The monoisotopic (exact) mass is 326 g/mol. The number of likely N-dealkylation sites (N-methyl/N-ethyl adjacent to an activating group) is 1. The van der Waals surface area contributed by atoms with Crippen LogP contribution >= 0.6 is 0 Å². The summed E-state index contributed by atoms with van der Waals surface area (Å²) in [7, 11) is 0.138. The smallest absolute Gasteiger partial charge is 0.243 e. The number of benzene rings is 1. The van der Waals surface area contributed by atoms with Gasteiger partial charge in [-0.2, -0.15) is 4.31 Å². The van der Waals surface area contributed by atoms with Crippen LogP contribution in [0.5, 0.6) is 5.75 Å². The molecule has 0 radical (unpaired) electrons. The Kier molecular flexibility index (Phi) is 4.84.